The Kier molecular flexibility index (Phi) is 5.27. The van der Waals surface area contributed by atoms with Gasteiger partial charge in [-0.2, -0.15) is 4.99 Å². The molecule has 0 heterocycles. The summed E-state index contributed by atoms with van der Waals surface area (Å²) < 4.78 is 9.52. The van der Waals surface area contributed by atoms with Gasteiger partial charge in [-0.15, -0.1) is 10.5 Å². The quantitative estimate of drug-likeness (QED) is 0.364. The van der Waals surface area contributed by atoms with Gasteiger partial charge in [0.1, 0.15) is 11.5 Å². The molecule has 0 saturated carbocycles. The Hall–Kier alpha value is -3.86. The van der Waals surface area contributed by atoms with Gasteiger partial charge in [0.2, 0.25) is 6.08 Å². The first-order chi connectivity index (χ1) is 11.2. The van der Waals surface area contributed by atoms with Crippen LogP contribution in [0.25, 0.3) is 12.2 Å². The monoisotopic (exact) mass is 303 g/mol. The molecule has 0 unspecified atom stereocenters. The largest absolute Gasteiger partial charge is 0.388 e. The second kappa shape index (κ2) is 7.80. The van der Waals surface area contributed by atoms with Crippen molar-refractivity contribution in [2.45, 2.75) is 0 Å². The molecule has 0 aliphatic rings. The van der Waals surface area contributed by atoms with E-state index in [1.165, 1.54) is 12.1 Å². The molecule has 0 atom stereocenters. The molecule has 6 heteroatoms. The van der Waals surface area contributed by atoms with Crippen molar-refractivity contribution in [3.05, 3.63) is 53.6 Å². The van der Waals surface area contributed by atoms with Crippen LogP contribution in [0.1, 0.15) is 11.1 Å². The molecule has 2 rings (SSSR count). The fourth-order valence-electron chi connectivity index (χ4n) is 1.82. The van der Waals surface area contributed by atoms with Gasteiger partial charge in [-0.25, -0.2) is 4.79 Å². The molecule has 0 amide bonds. The van der Waals surface area contributed by atoms with Crippen LogP contribution in [0.4, 0.5) is 5.69 Å². The van der Waals surface area contributed by atoms with Crippen molar-refractivity contribution >= 4 is 23.9 Å². The van der Waals surface area contributed by atoms with Gasteiger partial charge in [-0.3, -0.25) is 0 Å². The van der Waals surface area contributed by atoms with E-state index in [9.17, 15) is 4.79 Å². The van der Waals surface area contributed by atoms with Crippen LogP contribution in [0.15, 0.2) is 47.5 Å². The summed E-state index contributed by atoms with van der Waals surface area (Å²) in [5.74, 6) is 0.547. The van der Waals surface area contributed by atoms with Crippen molar-refractivity contribution in [2.24, 2.45) is 4.99 Å². The van der Waals surface area contributed by atoms with Gasteiger partial charge in [-0.1, -0.05) is 24.3 Å². The molecule has 2 aromatic rings. The van der Waals surface area contributed by atoms with Crippen LogP contribution in [0, 0.1) is 23.0 Å². The van der Waals surface area contributed by atoms with Crippen LogP contribution in [0.3, 0.4) is 0 Å². The van der Waals surface area contributed by atoms with Crippen molar-refractivity contribution in [1.29, 1.82) is 10.5 Å². The third-order valence-corrected chi connectivity index (χ3v) is 2.77. The lowest BCUT2D eigenvalue weighted by atomic mass is 10.1. The zero-order valence-corrected chi connectivity index (χ0v) is 11.8. The molecule has 2 aromatic carbocycles. The molecule has 0 bridgehead atoms. The molecule has 6 nitrogen and oxygen atoms in total. The highest BCUT2D eigenvalue weighted by Crippen LogP contribution is 2.24. The molecule has 0 N–H and O–H groups in total. The summed E-state index contributed by atoms with van der Waals surface area (Å²) in [6.45, 7) is 0. The van der Waals surface area contributed by atoms with Gasteiger partial charge in [0.25, 0.3) is 12.5 Å². The van der Waals surface area contributed by atoms with E-state index in [0.29, 0.717) is 11.3 Å². The van der Waals surface area contributed by atoms with Crippen molar-refractivity contribution in [3.63, 3.8) is 0 Å². The average Bonchev–Trinajstić information content (AvgIpc) is 2.55. The molecule has 0 aliphatic carbocycles. The predicted molar refractivity (Wildman–Crippen MR) is 82.1 cm³/mol. The summed E-state index contributed by atoms with van der Waals surface area (Å²) in [5, 5.41) is 17.2. The van der Waals surface area contributed by atoms with E-state index in [2.05, 4.69) is 4.99 Å². The van der Waals surface area contributed by atoms with E-state index in [1.54, 1.807) is 55.0 Å². The Morgan fingerprint density at radius 2 is 1.43 bits per heavy atom. The SMILES string of the molecule is N#COc1cc(/C=C/c2ccc(N=C=O)cc2)cc(OC#N)c1. The van der Waals surface area contributed by atoms with Crippen LogP contribution in [-0.4, -0.2) is 6.08 Å². The number of rotatable bonds is 5. The smallest absolute Gasteiger partial charge is 0.292 e. The molecule has 0 saturated heterocycles. The number of hydrogen-bond acceptors (Lipinski definition) is 6. The van der Waals surface area contributed by atoms with E-state index in [0.717, 1.165) is 5.56 Å². The van der Waals surface area contributed by atoms with Gasteiger partial charge in [0, 0.05) is 6.07 Å². The van der Waals surface area contributed by atoms with E-state index >= 15 is 0 Å². The third-order valence-electron chi connectivity index (χ3n) is 2.77. The first-order valence-corrected chi connectivity index (χ1v) is 6.38. The van der Waals surface area contributed by atoms with Crippen LogP contribution < -0.4 is 9.47 Å². The lowest BCUT2D eigenvalue weighted by Gasteiger charge is -2.02. The second-order valence-corrected chi connectivity index (χ2v) is 4.25. The van der Waals surface area contributed by atoms with E-state index in [4.69, 9.17) is 20.0 Å². The first kappa shape index (κ1) is 15.5. The van der Waals surface area contributed by atoms with Crippen molar-refractivity contribution in [3.8, 4) is 24.0 Å². The number of nitrogens with zero attached hydrogens (tertiary/aromatic N) is 3. The molecular weight excluding hydrogens is 294 g/mol. The summed E-state index contributed by atoms with van der Waals surface area (Å²) in [5.41, 5.74) is 2.09. The van der Waals surface area contributed by atoms with Gasteiger partial charge in [0.05, 0.1) is 5.69 Å². The van der Waals surface area contributed by atoms with E-state index in [-0.39, 0.29) is 11.5 Å². The zero-order valence-electron chi connectivity index (χ0n) is 11.8. The summed E-state index contributed by atoms with van der Waals surface area (Å²) in [6.07, 6.45) is 8.20. The van der Waals surface area contributed by atoms with Gasteiger partial charge in [-0.05, 0) is 35.4 Å². The highest BCUT2D eigenvalue weighted by molar-refractivity contribution is 5.71. The van der Waals surface area contributed by atoms with E-state index < -0.39 is 0 Å². The maximum absolute atomic E-state index is 10.2. The minimum atomic E-state index is 0.274. The molecule has 0 aliphatic heterocycles. The van der Waals surface area contributed by atoms with Crippen molar-refractivity contribution < 1.29 is 14.3 Å². The zero-order chi connectivity index (χ0) is 16.5. The van der Waals surface area contributed by atoms with Crippen LogP contribution in [-0.2, 0) is 4.79 Å². The highest BCUT2D eigenvalue weighted by Gasteiger charge is 2.02. The number of ether oxygens (including phenoxy) is 2. The minimum Gasteiger partial charge on any atom is -0.388 e. The first-order valence-electron chi connectivity index (χ1n) is 6.38. The standard InChI is InChI=1S/C17H9N3O3/c18-10-22-16-7-14(8-17(9-16)23-11-19)2-1-13-3-5-15(6-4-13)20-12-21/h1-9H/b2-1+. The third kappa shape index (κ3) is 4.57. The maximum Gasteiger partial charge on any atom is 0.292 e. The lowest BCUT2D eigenvalue weighted by Crippen LogP contribution is -1.87. The Morgan fingerprint density at radius 1 is 0.870 bits per heavy atom. The lowest BCUT2D eigenvalue weighted by molar-refractivity contribution is 0.483. The average molecular weight is 303 g/mol. The minimum absolute atomic E-state index is 0.274. The van der Waals surface area contributed by atoms with Gasteiger partial charge < -0.3 is 9.47 Å². The number of aliphatic imine (C=N–C) groups is 1. The van der Waals surface area contributed by atoms with Crippen molar-refractivity contribution in [2.75, 3.05) is 0 Å². The summed E-state index contributed by atoms with van der Waals surface area (Å²) in [6, 6.07) is 11.7. The van der Waals surface area contributed by atoms with Crippen molar-refractivity contribution in [1.82, 2.24) is 0 Å². The molecule has 110 valence electrons. The Morgan fingerprint density at radius 3 is 1.96 bits per heavy atom. The Bertz CT molecular complexity index is 818. The number of hydrogen-bond donors (Lipinski definition) is 0. The Balaban J connectivity index is 2.25. The van der Waals surface area contributed by atoms with Gasteiger partial charge in [0.15, 0.2) is 0 Å². The Labute approximate surface area is 132 Å². The number of carbonyl (C=O) groups excluding carboxylic acids is 1. The second-order valence-electron chi connectivity index (χ2n) is 4.25. The molecule has 0 spiro atoms. The summed E-state index contributed by atoms with van der Waals surface area (Å²) in [4.78, 5) is 13.7. The molecule has 0 radical (unpaired) electrons. The molecule has 0 fully saturated rings. The topological polar surface area (TPSA) is 95.5 Å². The molecule has 23 heavy (non-hydrogen) atoms. The van der Waals surface area contributed by atoms with E-state index in [1.807, 2.05) is 6.08 Å². The summed E-state index contributed by atoms with van der Waals surface area (Å²) >= 11 is 0. The fraction of sp³-hybridized carbons (Fsp3) is 0. The normalized spacial score (nSPS) is 9.48. The molecule has 0 aromatic heterocycles. The van der Waals surface area contributed by atoms with Gasteiger partial charge >= 0.3 is 0 Å². The molecular formula is C17H9N3O3. The fourth-order valence-corrected chi connectivity index (χ4v) is 1.82. The number of nitriles is 2. The number of isocyanates is 1. The van der Waals surface area contributed by atoms with Crippen LogP contribution >= 0.6 is 0 Å². The number of benzene rings is 2. The summed E-state index contributed by atoms with van der Waals surface area (Å²) in [7, 11) is 0. The predicted octanol–water partition coefficient (Wildman–Crippen LogP) is 3.54. The maximum atomic E-state index is 10.2. The van der Waals surface area contributed by atoms with Crippen LogP contribution in [0.5, 0.6) is 11.5 Å². The van der Waals surface area contributed by atoms with Crippen LogP contribution in [0.2, 0.25) is 0 Å². The highest BCUT2D eigenvalue weighted by atomic mass is 16.5.